The molecule has 0 bridgehead atoms. The molecule has 4 heteroatoms. The van der Waals surface area contributed by atoms with Crippen molar-refractivity contribution in [3.8, 4) is 0 Å². The van der Waals surface area contributed by atoms with E-state index >= 15 is 0 Å². The Morgan fingerprint density at radius 1 is 0.944 bits per heavy atom. The van der Waals surface area contributed by atoms with E-state index in [-0.39, 0.29) is 0 Å². The fourth-order valence-corrected chi connectivity index (χ4v) is 2.72. The molecule has 1 aliphatic heterocycles. The van der Waals surface area contributed by atoms with Gasteiger partial charge in [-0.3, -0.25) is 0 Å². The molecule has 2 aromatic carbocycles. The van der Waals surface area contributed by atoms with Crippen molar-refractivity contribution in [1.29, 1.82) is 0 Å². The Morgan fingerprint density at radius 2 is 1.72 bits per heavy atom. The lowest BCUT2D eigenvalue weighted by Gasteiger charge is -2.19. The van der Waals surface area contributed by atoms with Crippen LogP contribution in [0.25, 0.3) is 0 Å². The van der Waals surface area contributed by atoms with E-state index in [2.05, 4.69) is 11.0 Å². The monoisotopic (exact) mass is 278 g/mol. The van der Waals surface area contributed by atoms with Gasteiger partial charge in [-0.25, -0.2) is 0 Å². The Morgan fingerprint density at radius 3 is 2.56 bits per heavy atom. The molecule has 0 aliphatic carbocycles. The highest BCUT2D eigenvalue weighted by atomic mass is 35.5. The van der Waals surface area contributed by atoms with E-state index in [0.29, 0.717) is 5.02 Å². The van der Waals surface area contributed by atoms with E-state index in [1.54, 1.807) is 6.07 Å². The third kappa shape index (κ3) is 2.02. The smallest absolute Gasteiger partial charge is 0.0640 e. The lowest BCUT2D eigenvalue weighted by atomic mass is 10.1. The molecule has 0 fully saturated rings. The van der Waals surface area contributed by atoms with Gasteiger partial charge >= 0.3 is 0 Å². The number of benzene rings is 2. The number of anilines is 2. The molecule has 0 atom stereocenters. The predicted octanol–water partition coefficient (Wildman–Crippen LogP) is 4.10. The first-order chi connectivity index (χ1) is 8.63. The fourth-order valence-electron chi connectivity index (χ4n) is 2.31. The summed E-state index contributed by atoms with van der Waals surface area (Å²) in [5.41, 5.74) is 10.1. The van der Waals surface area contributed by atoms with Crippen LogP contribution in [0.4, 0.5) is 11.4 Å². The van der Waals surface area contributed by atoms with Crippen LogP contribution in [0.3, 0.4) is 0 Å². The first-order valence-electron chi connectivity index (χ1n) is 5.71. The van der Waals surface area contributed by atoms with Gasteiger partial charge in [-0.1, -0.05) is 29.3 Å². The van der Waals surface area contributed by atoms with Gasteiger partial charge in [0.25, 0.3) is 0 Å². The molecule has 0 aromatic heterocycles. The first-order valence-corrected chi connectivity index (χ1v) is 6.46. The van der Waals surface area contributed by atoms with Crippen molar-refractivity contribution in [3.05, 3.63) is 57.6 Å². The quantitative estimate of drug-likeness (QED) is 0.796. The number of hydrogen-bond acceptors (Lipinski definition) is 2. The summed E-state index contributed by atoms with van der Waals surface area (Å²) in [6, 6.07) is 11.6. The summed E-state index contributed by atoms with van der Waals surface area (Å²) in [4.78, 5) is 2.21. The van der Waals surface area contributed by atoms with E-state index in [1.165, 1.54) is 11.1 Å². The Balaban J connectivity index is 1.96. The highest BCUT2D eigenvalue weighted by Gasteiger charge is 2.21. The zero-order chi connectivity index (χ0) is 12.7. The van der Waals surface area contributed by atoms with Crippen LogP contribution in [0.2, 0.25) is 10.0 Å². The second-order valence-electron chi connectivity index (χ2n) is 4.48. The molecule has 0 radical (unpaired) electrons. The Hall–Kier alpha value is -1.38. The number of nitrogen functional groups attached to an aromatic ring is 1. The van der Waals surface area contributed by atoms with Gasteiger partial charge in [-0.05, 0) is 41.5 Å². The molecule has 2 N–H and O–H groups in total. The van der Waals surface area contributed by atoms with Crippen LogP contribution in [-0.4, -0.2) is 0 Å². The number of rotatable bonds is 1. The average Bonchev–Trinajstić information content (AvgIpc) is 2.74. The van der Waals surface area contributed by atoms with Crippen LogP contribution in [-0.2, 0) is 13.1 Å². The second kappa shape index (κ2) is 4.38. The van der Waals surface area contributed by atoms with Gasteiger partial charge in [0.15, 0.2) is 0 Å². The standard InChI is InChI=1S/C14H12Cl2N2/c15-11-2-4-13(16)14(6-11)18-7-9-1-3-12(17)5-10(9)8-18/h1-6H,7-8,17H2. The van der Waals surface area contributed by atoms with Crippen LogP contribution in [0.5, 0.6) is 0 Å². The molecule has 0 saturated carbocycles. The van der Waals surface area contributed by atoms with Crippen molar-refractivity contribution in [3.63, 3.8) is 0 Å². The van der Waals surface area contributed by atoms with Crippen molar-refractivity contribution < 1.29 is 0 Å². The molecule has 3 rings (SSSR count). The summed E-state index contributed by atoms with van der Waals surface area (Å²) >= 11 is 12.3. The molecular weight excluding hydrogens is 267 g/mol. The van der Waals surface area contributed by atoms with Crippen LogP contribution < -0.4 is 10.6 Å². The Kier molecular flexibility index (Phi) is 2.84. The highest BCUT2D eigenvalue weighted by Crippen LogP contribution is 2.35. The number of halogens is 2. The van der Waals surface area contributed by atoms with Gasteiger partial charge in [0.2, 0.25) is 0 Å². The zero-order valence-corrected chi connectivity index (χ0v) is 11.2. The van der Waals surface area contributed by atoms with Crippen molar-refractivity contribution in [2.24, 2.45) is 0 Å². The minimum absolute atomic E-state index is 0.699. The van der Waals surface area contributed by atoms with E-state index in [9.17, 15) is 0 Å². The molecule has 0 saturated heterocycles. The van der Waals surface area contributed by atoms with Crippen molar-refractivity contribution in [1.82, 2.24) is 0 Å². The lowest BCUT2D eigenvalue weighted by Crippen LogP contribution is -2.14. The number of fused-ring (bicyclic) bond motifs is 1. The van der Waals surface area contributed by atoms with E-state index < -0.39 is 0 Å². The van der Waals surface area contributed by atoms with Gasteiger partial charge in [0, 0.05) is 23.8 Å². The molecular formula is C14H12Cl2N2. The van der Waals surface area contributed by atoms with Gasteiger partial charge in [0.1, 0.15) is 0 Å². The summed E-state index contributed by atoms with van der Waals surface area (Å²) in [6.45, 7) is 1.66. The molecule has 92 valence electrons. The average molecular weight is 279 g/mol. The number of hydrogen-bond donors (Lipinski definition) is 1. The minimum Gasteiger partial charge on any atom is -0.399 e. The van der Waals surface area contributed by atoms with E-state index in [0.717, 1.165) is 29.5 Å². The highest BCUT2D eigenvalue weighted by molar-refractivity contribution is 6.35. The maximum absolute atomic E-state index is 6.23. The van der Waals surface area contributed by atoms with Gasteiger partial charge < -0.3 is 10.6 Å². The Bertz CT molecular complexity index is 611. The lowest BCUT2D eigenvalue weighted by molar-refractivity contribution is 0.881. The Labute approximate surface area is 116 Å². The summed E-state index contributed by atoms with van der Waals surface area (Å²) < 4.78 is 0. The van der Waals surface area contributed by atoms with Crippen molar-refractivity contribution in [2.45, 2.75) is 13.1 Å². The van der Waals surface area contributed by atoms with Crippen LogP contribution in [0, 0.1) is 0 Å². The minimum atomic E-state index is 0.699. The molecule has 18 heavy (non-hydrogen) atoms. The predicted molar refractivity (Wildman–Crippen MR) is 77.2 cm³/mol. The molecule has 1 heterocycles. The summed E-state index contributed by atoms with van der Waals surface area (Å²) in [5.74, 6) is 0. The maximum atomic E-state index is 6.23. The van der Waals surface area contributed by atoms with Crippen molar-refractivity contribution >= 4 is 34.6 Å². The van der Waals surface area contributed by atoms with Crippen molar-refractivity contribution in [2.75, 3.05) is 10.6 Å². The first kappa shape index (κ1) is 11.7. The fraction of sp³-hybridized carbons (Fsp3) is 0.143. The van der Waals surface area contributed by atoms with Gasteiger partial charge in [-0.15, -0.1) is 0 Å². The third-order valence-electron chi connectivity index (χ3n) is 3.20. The molecule has 0 spiro atoms. The van der Waals surface area contributed by atoms with E-state index in [1.807, 2.05) is 24.3 Å². The normalized spacial score (nSPS) is 13.8. The van der Waals surface area contributed by atoms with Crippen LogP contribution in [0.1, 0.15) is 11.1 Å². The SMILES string of the molecule is Nc1ccc2c(c1)CN(c1cc(Cl)ccc1Cl)C2. The topological polar surface area (TPSA) is 29.3 Å². The summed E-state index contributed by atoms with van der Waals surface area (Å²) in [6.07, 6.45) is 0. The molecule has 2 nitrogen and oxygen atoms in total. The third-order valence-corrected chi connectivity index (χ3v) is 3.76. The molecule has 0 amide bonds. The van der Waals surface area contributed by atoms with Gasteiger partial charge in [-0.2, -0.15) is 0 Å². The molecule has 0 unspecified atom stereocenters. The van der Waals surface area contributed by atoms with E-state index in [4.69, 9.17) is 28.9 Å². The maximum Gasteiger partial charge on any atom is 0.0640 e. The second-order valence-corrected chi connectivity index (χ2v) is 5.32. The number of nitrogens with zero attached hydrogens (tertiary/aromatic N) is 1. The van der Waals surface area contributed by atoms with Crippen LogP contribution in [0.15, 0.2) is 36.4 Å². The van der Waals surface area contributed by atoms with Gasteiger partial charge in [0.05, 0.1) is 10.7 Å². The largest absolute Gasteiger partial charge is 0.399 e. The molecule has 1 aliphatic rings. The summed E-state index contributed by atoms with van der Waals surface area (Å²) in [5, 5.41) is 1.42. The zero-order valence-electron chi connectivity index (χ0n) is 9.66. The summed E-state index contributed by atoms with van der Waals surface area (Å²) in [7, 11) is 0. The molecule has 2 aromatic rings. The number of nitrogens with two attached hydrogens (primary N) is 1. The van der Waals surface area contributed by atoms with Crippen LogP contribution >= 0.6 is 23.2 Å².